The second-order valence-corrected chi connectivity index (χ2v) is 11.4. The number of nitrogen functional groups attached to an aromatic ring is 1. The lowest BCUT2D eigenvalue weighted by Crippen LogP contribution is -2.45. The number of hydrogen-bond donors (Lipinski definition) is 4. The Kier molecular flexibility index (Phi) is 9.96. The monoisotopic (exact) mass is 545 g/mol. The van der Waals surface area contributed by atoms with Crippen LogP contribution in [0.1, 0.15) is 53.8 Å². The predicted molar refractivity (Wildman–Crippen MR) is 147 cm³/mol. The Bertz CT molecular complexity index is 1070. The molecule has 2 atom stereocenters. The number of carbonyl (C=O) groups excluding carboxylic acids is 2. The van der Waals surface area contributed by atoms with Gasteiger partial charge in [-0.2, -0.15) is 0 Å². The third-order valence-corrected chi connectivity index (χ3v) is 8.48. The number of amides is 2. The number of amidine groups is 1. The average Bonchev–Trinajstić information content (AvgIpc) is 3.55. The second-order valence-electron chi connectivity index (χ2n) is 9.84. The summed E-state index contributed by atoms with van der Waals surface area (Å²) in [5, 5.41) is 14.6. The number of piperidine rings is 1. The number of thiophene rings is 1. The zero-order valence-electron chi connectivity index (χ0n) is 21.0. The van der Waals surface area contributed by atoms with E-state index >= 15 is 0 Å². The lowest BCUT2D eigenvalue weighted by Gasteiger charge is -2.25. The highest BCUT2D eigenvalue weighted by molar-refractivity contribution is 7.14. The fraction of sp³-hybridized carbons (Fsp3) is 0.519. The van der Waals surface area contributed by atoms with Crippen molar-refractivity contribution in [3.8, 4) is 0 Å². The minimum Gasteiger partial charge on any atom is -0.383 e. The Morgan fingerprint density at radius 1 is 1.19 bits per heavy atom. The molecule has 1 aromatic heterocycles. The number of hydrogen-bond acceptors (Lipinski definition) is 6. The van der Waals surface area contributed by atoms with E-state index in [0.717, 1.165) is 49.2 Å². The van der Waals surface area contributed by atoms with Gasteiger partial charge in [-0.15, -0.1) is 11.3 Å². The summed E-state index contributed by atoms with van der Waals surface area (Å²) in [6.45, 7) is 3.25. The fourth-order valence-electron chi connectivity index (χ4n) is 5.00. The molecule has 37 heavy (non-hydrogen) atoms. The molecule has 2 amide bonds. The highest BCUT2D eigenvalue weighted by Gasteiger charge is 2.39. The van der Waals surface area contributed by atoms with Crippen LogP contribution in [-0.4, -0.2) is 54.3 Å². The first kappa shape index (κ1) is 27.6. The number of likely N-dealkylation sites (tertiary alicyclic amines) is 1. The third kappa shape index (κ3) is 8.01. The van der Waals surface area contributed by atoms with Gasteiger partial charge in [0, 0.05) is 29.3 Å². The molecule has 1 aromatic carbocycles. The summed E-state index contributed by atoms with van der Waals surface area (Å²) in [4.78, 5) is 29.7. The van der Waals surface area contributed by atoms with E-state index in [-0.39, 0.29) is 23.8 Å². The number of nitrogens with zero attached hydrogens (tertiary/aromatic N) is 1. The smallest absolute Gasteiger partial charge is 0.243 e. The molecule has 0 spiro atoms. The lowest BCUT2D eigenvalue weighted by atomic mass is 9.92. The van der Waals surface area contributed by atoms with Crippen molar-refractivity contribution >= 4 is 40.6 Å². The summed E-state index contributed by atoms with van der Waals surface area (Å²) in [5.41, 5.74) is 6.55. The van der Waals surface area contributed by atoms with E-state index in [9.17, 15) is 9.59 Å². The van der Waals surface area contributed by atoms with Gasteiger partial charge in [0.05, 0.1) is 24.1 Å². The molecule has 0 radical (unpaired) electrons. The largest absolute Gasteiger partial charge is 0.383 e. The highest BCUT2D eigenvalue weighted by Crippen LogP contribution is 2.25. The third-order valence-electron chi connectivity index (χ3n) is 7.11. The summed E-state index contributed by atoms with van der Waals surface area (Å²) in [6, 6.07) is 10.6. The van der Waals surface area contributed by atoms with Crippen molar-refractivity contribution < 1.29 is 14.3 Å². The van der Waals surface area contributed by atoms with Gasteiger partial charge in [-0.1, -0.05) is 23.7 Å². The summed E-state index contributed by atoms with van der Waals surface area (Å²) >= 11 is 7.36. The Hall–Kier alpha value is -2.46. The molecule has 3 heterocycles. The second kappa shape index (κ2) is 13.4. The van der Waals surface area contributed by atoms with Crippen LogP contribution < -0.4 is 16.4 Å². The molecular formula is C27H36ClN5O3S. The minimum atomic E-state index is -0.561. The van der Waals surface area contributed by atoms with Crippen molar-refractivity contribution in [2.75, 3.05) is 19.6 Å². The van der Waals surface area contributed by atoms with Gasteiger partial charge in [-0.25, -0.2) is 0 Å². The molecule has 0 aliphatic carbocycles. The molecule has 2 fully saturated rings. The summed E-state index contributed by atoms with van der Waals surface area (Å²) in [7, 11) is 0. The number of halogens is 1. The van der Waals surface area contributed by atoms with E-state index in [1.165, 1.54) is 11.3 Å². The molecular weight excluding hydrogens is 510 g/mol. The van der Waals surface area contributed by atoms with E-state index in [1.54, 1.807) is 11.0 Å². The zero-order valence-corrected chi connectivity index (χ0v) is 22.6. The van der Waals surface area contributed by atoms with Gasteiger partial charge in [0.15, 0.2) is 0 Å². The van der Waals surface area contributed by atoms with Crippen LogP contribution in [0.3, 0.4) is 0 Å². The predicted octanol–water partition coefficient (Wildman–Crippen LogP) is 3.66. The van der Waals surface area contributed by atoms with Gasteiger partial charge in [-0.05, 0) is 74.5 Å². The van der Waals surface area contributed by atoms with Gasteiger partial charge in [-0.3, -0.25) is 15.0 Å². The number of benzene rings is 1. The Morgan fingerprint density at radius 3 is 2.65 bits per heavy atom. The van der Waals surface area contributed by atoms with Crippen LogP contribution in [0.25, 0.3) is 0 Å². The van der Waals surface area contributed by atoms with Gasteiger partial charge >= 0.3 is 0 Å². The van der Waals surface area contributed by atoms with Gasteiger partial charge in [0.25, 0.3) is 0 Å². The number of carbonyl (C=O) groups is 2. The summed E-state index contributed by atoms with van der Waals surface area (Å²) < 4.78 is 6.12. The van der Waals surface area contributed by atoms with Gasteiger partial charge in [0.2, 0.25) is 11.8 Å². The van der Waals surface area contributed by atoms with E-state index in [0.29, 0.717) is 48.4 Å². The van der Waals surface area contributed by atoms with Crippen LogP contribution in [0.15, 0.2) is 36.4 Å². The molecule has 1 unspecified atom stereocenters. The van der Waals surface area contributed by atoms with Crippen molar-refractivity contribution in [2.24, 2.45) is 11.7 Å². The Balaban J connectivity index is 1.34. The molecule has 10 heteroatoms. The SMILES string of the molecule is N=C(N)c1ccc(CNC(=O)C2C[C@@H](OCc3ccc(Cl)cc3)CN2C(=O)CCCC2CCNCC2)s1. The van der Waals surface area contributed by atoms with Gasteiger partial charge in [0.1, 0.15) is 11.9 Å². The molecule has 0 saturated carbocycles. The molecule has 2 aromatic rings. The summed E-state index contributed by atoms with van der Waals surface area (Å²) in [5.74, 6) is 0.525. The molecule has 5 N–H and O–H groups in total. The first-order valence-electron chi connectivity index (χ1n) is 13.0. The standard InChI is InChI=1S/C27H36ClN5O3S/c28-20-6-4-19(5-7-20)17-36-21-14-23(27(35)32-15-22-8-9-24(37-22)26(29)30)33(16-21)25(34)3-1-2-18-10-12-31-13-11-18/h4-9,18,21,23,31H,1-3,10-17H2,(H3,29,30)(H,32,35)/t21-,23?/m1/s1. The topological polar surface area (TPSA) is 121 Å². The zero-order chi connectivity index (χ0) is 26.2. The van der Waals surface area contributed by atoms with Crippen LogP contribution in [0.4, 0.5) is 0 Å². The minimum absolute atomic E-state index is 0.0142. The maximum atomic E-state index is 13.2. The summed E-state index contributed by atoms with van der Waals surface area (Å²) in [6.07, 6.45) is 4.91. The molecule has 2 aliphatic heterocycles. The van der Waals surface area contributed by atoms with E-state index in [4.69, 9.17) is 27.5 Å². The van der Waals surface area contributed by atoms with Crippen molar-refractivity contribution in [1.82, 2.24) is 15.5 Å². The van der Waals surface area contributed by atoms with Crippen LogP contribution in [0, 0.1) is 11.3 Å². The number of rotatable bonds is 11. The highest BCUT2D eigenvalue weighted by atomic mass is 35.5. The Labute approximate surface area is 227 Å². The van der Waals surface area contributed by atoms with Crippen LogP contribution in [0.5, 0.6) is 0 Å². The number of ether oxygens (including phenoxy) is 1. The van der Waals surface area contributed by atoms with Crippen LogP contribution >= 0.6 is 22.9 Å². The average molecular weight is 546 g/mol. The normalized spacial score (nSPS) is 20.2. The number of nitrogens with two attached hydrogens (primary N) is 1. The molecule has 8 nitrogen and oxygen atoms in total. The first-order chi connectivity index (χ1) is 17.9. The van der Waals surface area contributed by atoms with Crippen LogP contribution in [-0.2, 0) is 27.5 Å². The van der Waals surface area contributed by atoms with E-state index < -0.39 is 6.04 Å². The fourth-order valence-corrected chi connectivity index (χ4v) is 5.94. The maximum absolute atomic E-state index is 13.2. The van der Waals surface area contributed by atoms with Gasteiger partial charge < -0.3 is 26.0 Å². The first-order valence-corrected chi connectivity index (χ1v) is 14.2. The van der Waals surface area contributed by atoms with Crippen molar-refractivity contribution in [3.05, 3.63) is 56.7 Å². The number of nitrogens with one attached hydrogen (secondary N) is 3. The molecule has 0 bridgehead atoms. The quantitative estimate of drug-likeness (QED) is 0.254. The maximum Gasteiger partial charge on any atom is 0.243 e. The lowest BCUT2D eigenvalue weighted by molar-refractivity contribution is -0.138. The van der Waals surface area contributed by atoms with E-state index in [1.807, 2.05) is 30.3 Å². The molecule has 4 rings (SSSR count). The molecule has 200 valence electrons. The molecule has 2 aliphatic rings. The van der Waals surface area contributed by atoms with E-state index in [2.05, 4.69) is 10.6 Å². The van der Waals surface area contributed by atoms with Crippen molar-refractivity contribution in [3.63, 3.8) is 0 Å². The van der Waals surface area contributed by atoms with Crippen molar-refractivity contribution in [2.45, 2.75) is 63.8 Å². The van der Waals surface area contributed by atoms with Crippen molar-refractivity contribution in [1.29, 1.82) is 5.41 Å². The Morgan fingerprint density at radius 2 is 1.95 bits per heavy atom. The van der Waals surface area contributed by atoms with Crippen LogP contribution in [0.2, 0.25) is 5.02 Å². The molecule has 2 saturated heterocycles.